The smallest absolute Gasteiger partial charge is 0.123 e. The van der Waals surface area contributed by atoms with Crippen LogP contribution < -0.4 is 0 Å². The van der Waals surface area contributed by atoms with Crippen molar-refractivity contribution >= 4 is 11.8 Å². The summed E-state index contributed by atoms with van der Waals surface area (Å²) < 4.78 is 12.9. The largest absolute Gasteiger partial charge is 0.410 e. The molecule has 0 atom stereocenters. The molecular weight excluding hydrogens is 241 g/mol. The summed E-state index contributed by atoms with van der Waals surface area (Å²) in [4.78, 5) is 0. The molecule has 0 radical (unpaired) electrons. The summed E-state index contributed by atoms with van der Waals surface area (Å²) in [6, 6.07) is 14.1. The second kappa shape index (κ2) is 4.69. The van der Waals surface area contributed by atoms with E-state index in [-0.39, 0.29) is 5.82 Å². The van der Waals surface area contributed by atoms with Gasteiger partial charge < -0.3 is 5.21 Å². The topological polar surface area (TPSA) is 32.6 Å². The van der Waals surface area contributed by atoms with Gasteiger partial charge in [0.1, 0.15) is 11.5 Å². The van der Waals surface area contributed by atoms with Gasteiger partial charge in [-0.05, 0) is 34.9 Å². The van der Waals surface area contributed by atoms with E-state index in [0.29, 0.717) is 5.71 Å². The molecule has 0 fully saturated rings. The molecule has 0 saturated carbocycles. The van der Waals surface area contributed by atoms with E-state index in [9.17, 15) is 9.60 Å². The van der Waals surface area contributed by atoms with Crippen molar-refractivity contribution in [2.45, 2.75) is 6.42 Å². The summed E-state index contributed by atoms with van der Waals surface area (Å²) in [6.07, 6.45) is 2.65. The SMILES string of the molecule is O/N=C1\C(=C\c2ccc(F)cc2)Cc2ccccc21. The lowest BCUT2D eigenvalue weighted by molar-refractivity contribution is 0.319. The third kappa shape index (κ3) is 2.15. The van der Waals surface area contributed by atoms with Crippen LogP contribution in [0, 0.1) is 5.82 Å². The van der Waals surface area contributed by atoms with Gasteiger partial charge in [-0.1, -0.05) is 41.6 Å². The highest BCUT2D eigenvalue weighted by Crippen LogP contribution is 2.28. The lowest BCUT2D eigenvalue weighted by atomic mass is 10.1. The van der Waals surface area contributed by atoms with Gasteiger partial charge in [0.2, 0.25) is 0 Å². The Morgan fingerprint density at radius 3 is 2.53 bits per heavy atom. The van der Waals surface area contributed by atoms with Crippen molar-refractivity contribution < 1.29 is 9.60 Å². The molecule has 3 heteroatoms. The molecule has 19 heavy (non-hydrogen) atoms. The second-order valence-electron chi connectivity index (χ2n) is 4.50. The lowest BCUT2D eigenvalue weighted by Crippen LogP contribution is -1.97. The molecule has 1 aliphatic rings. The third-order valence-electron chi connectivity index (χ3n) is 3.27. The van der Waals surface area contributed by atoms with Crippen molar-refractivity contribution in [2.24, 2.45) is 5.16 Å². The molecule has 0 spiro atoms. The summed E-state index contributed by atoms with van der Waals surface area (Å²) in [6.45, 7) is 0. The molecule has 0 heterocycles. The molecule has 0 unspecified atom stereocenters. The van der Waals surface area contributed by atoms with Crippen molar-refractivity contribution in [3.63, 3.8) is 0 Å². The van der Waals surface area contributed by atoms with E-state index in [4.69, 9.17) is 0 Å². The molecule has 2 aromatic carbocycles. The maximum atomic E-state index is 12.9. The maximum absolute atomic E-state index is 12.9. The highest BCUT2D eigenvalue weighted by molar-refractivity contribution is 6.18. The highest BCUT2D eigenvalue weighted by Gasteiger charge is 2.22. The van der Waals surface area contributed by atoms with E-state index in [1.807, 2.05) is 30.3 Å². The minimum Gasteiger partial charge on any atom is -0.410 e. The number of fused-ring (bicyclic) bond motifs is 1. The number of oxime groups is 1. The number of rotatable bonds is 1. The van der Waals surface area contributed by atoms with Gasteiger partial charge in [0.15, 0.2) is 0 Å². The zero-order chi connectivity index (χ0) is 13.2. The molecule has 0 bridgehead atoms. The van der Waals surface area contributed by atoms with Gasteiger partial charge in [-0.15, -0.1) is 0 Å². The van der Waals surface area contributed by atoms with Crippen LogP contribution >= 0.6 is 0 Å². The molecule has 1 N–H and O–H groups in total. The molecule has 3 rings (SSSR count). The van der Waals surface area contributed by atoms with Crippen molar-refractivity contribution in [2.75, 3.05) is 0 Å². The van der Waals surface area contributed by atoms with Crippen LogP contribution in [-0.2, 0) is 6.42 Å². The Morgan fingerprint density at radius 1 is 1.05 bits per heavy atom. The zero-order valence-corrected chi connectivity index (χ0v) is 10.2. The highest BCUT2D eigenvalue weighted by atomic mass is 19.1. The average molecular weight is 253 g/mol. The summed E-state index contributed by atoms with van der Waals surface area (Å²) >= 11 is 0. The first-order chi connectivity index (χ1) is 9.28. The maximum Gasteiger partial charge on any atom is 0.123 e. The summed E-state index contributed by atoms with van der Waals surface area (Å²) in [5.74, 6) is -0.257. The first kappa shape index (κ1) is 11.7. The van der Waals surface area contributed by atoms with Crippen LogP contribution in [-0.4, -0.2) is 10.9 Å². The molecule has 0 aliphatic heterocycles. The van der Waals surface area contributed by atoms with Gasteiger partial charge >= 0.3 is 0 Å². The standard InChI is InChI=1S/C16H12FNO/c17-14-7-5-11(6-8-14)9-13-10-12-3-1-2-4-15(12)16(13)18-19/h1-9,19H,10H2/b13-9+,18-16+. The second-order valence-corrected chi connectivity index (χ2v) is 4.50. The average Bonchev–Trinajstić information content (AvgIpc) is 2.78. The fraction of sp³-hybridized carbons (Fsp3) is 0.0625. The van der Waals surface area contributed by atoms with Gasteiger partial charge in [-0.2, -0.15) is 0 Å². The van der Waals surface area contributed by atoms with Crippen LogP contribution in [0.15, 0.2) is 59.3 Å². The Kier molecular flexibility index (Phi) is 2.88. The Balaban J connectivity index is 2.02. The number of benzene rings is 2. The van der Waals surface area contributed by atoms with Crippen LogP contribution in [0.2, 0.25) is 0 Å². The van der Waals surface area contributed by atoms with E-state index >= 15 is 0 Å². The molecule has 0 saturated heterocycles. The molecular formula is C16H12FNO. The third-order valence-corrected chi connectivity index (χ3v) is 3.27. The molecule has 2 aromatic rings. The van der Waals surface area contributed by atoms with Gasteiger partial charge in [-0.3, -0.25) is 0 Å². The Bertz CT molecular complexity index is 671. The monoisotopic (exact) mass is 253 g/mol. The van der Waals surface area contributed by atoms with E-state index in [1.165, 1.54) is 12.1 Å². The first-order valence-corrected chi connectivity index (χ1v) is 6.05. The van der Waals surface area contributed by atoms with Crippen molar-refractivity contribution in [1.29, 1.82) is 0 Å². The van der Waals surface area contributed by atoms with E-state index in [0.717, 1.165) is 28.7 Å². The van der Waals surface area contributed by atoms with Crippen molar-refractivity contribution in [1.82, 2.24) is 0 Å². The van der Waals surface area contributed by atoms with Crippen molar-refractivity contribution in [3.05, 3.63) is 76.6 Å². The van der Waals surface area contributed by atoms with Crippen LogP contribution in [0.5, 0.6) is 0 Å². The molecule has 2 nitrogen and oxygen atoms in total. The van der Waals surface area contributed by atoms with Crippen LogP contribution in [0.3, 0.4) is 0 Å². The Hall–Kier alpha value is -2.42. The normalized spacial score (nSPS) is 17.9. The summed E-state index contributed by atoms with van der Waals surface area (Å²) in [5, 5.41) is 12.6. The van der Waals surface area contributed by atoms with Gasteiger partial charge in [0.25, 0.3) is 0 Å². The molecule has 0 amide bonds. The summed E-state index contributed by atoms with van der Waals surface area (Å²) in [7, 11) is 0. The fourth-order valence-corrected chi connectivity index (χ4v) is 2.37. The Morgan fingerprint density at radius 2 is 1.79 bits per heavy atom. The minimum atomic E-state index is -0.257. The van der Waals surface area contributed by atoms with Gasteiger partial charge in [-0.25, -0.2) is 4.39 Å². The van der Waals surface area contributed by atoms with Crippen LogP contribution in [0.4, 0.5) is 4.39 Å². The van der Waals surface area contributed by atoms with Gasteiger partial charge in [0.05, 0.1) is 0 Å². The number of allylic oxidation sites excluding steroid dienone is 1. The molecule has 94 valence electrons. The number of hydrogen-bond acceptors (Lipinski definition) is 2. The first-order valence-electron chi connectivity index (χ1n) is 6.05. The van der Waals surface area contributed by atoms with E-state index in [2.05, 4.69) is 5.16 Å². The van der Waals surface area contributed by atoms with E-state index in [1.54, 1.807) is 12.1 Å². The lowest BCUT2D eigenvalue weighted by Gasteiger charge is -1.99. The van der Waals surface area contributed by atoms with Crippen LogP contribution in [0.25, 0.3) is 6.08 Å². The van der Waals surface area contributed by atoms with Crippen molar-refractivity contribution in [3.8, 4) is 0 Å². The molecule has 0 aromatic heterocycles. The predicted octanol–water partition coefficient (Wildman–Crippen LogP) is 3.64. The number of nitrogens with zero attached hydrogens (tertiary/aromatic N) is 1. The van der Waals surface area contributed by atoms with Gasteiger partial charge in [0, 0.05) is 12.0 Å². The predicted molar refractivity (Wildman–Crippen MR) is 72.8 cm³/mol. The zero-order valence-electron chi connectivity index (χ0n) is 10.2. The number of halogens is 1. The fourth-order valence-electron chi connectivity index (χ4n) is 2.37. The quantitative estimate of drug-likeness (QED) is 0.610. The Labute approximate surface area is 110 Å². The summed E-state index contributed by atoms with van der Waals surface area (Å²) in [5.41, 5.74) is 4.53. The van der Waals surface area contributed by atoms with Crippen LogP contribution in [0.1, 0.15) is 16.7 Å². The molecule has 1 aliphatic carbocycles. The number of hydrogen-bond donors (Lipinski definition) is 1. The minimum absolute atomic E-state index is 0.257. The van der Waals surface area contributed by atoms with E-state index < -0.39 is 0 Å².